The van der Waals surface area contributed by atoms with Gasteiger partial charge >= 0.3 is 0 Å². The lowest BCUT2D eigenvalue weighted by atomic mass is 9.92. The maximum atomic E-state index is 11.5. The van der Waals surface area contributed by atoms with Crippen molar-refractivity contribution in [2.24, 2.45) is 5.41 Å². The minimum Gasteiger partial charge on any atom is -0.350 e. The summed E-state index contributed by atoms with van der Waals surface area (Å²) in [5, 5.41) is 0.0545. The van der Waals surface area contributed by atoms with E-state index < -0.39 is 0 Å². The molecule has 1 unspecified atom stereocenters. The molecule has 0 radical (unpaired) electrons. The number of nitrogens with zero attached hydrogens (tertiary/aromatic N) is 2. The summed E-state index contributed by atoms with van der Waals surface area (Å²) in [4.78, 5) is 20.2. The maximum Gasteiger partial charge on any atom is 0.290 e. The van der Waals surface area contributed by atoms with E-state index in [9.17, 15) is 4.79 Å². The lowest BCUT2D eigenvalue weighted by Gasteiger charge is -2.20. The van der Waals surface area contributed by atoms with Gasteiger partial charge in [-0.25, -0.2) is 4.98 Å². The molecule has 0 saturated carbocycles. The van der Waals surface area contributed by atoms with E-state index in [0.717, 1.165) is 6.54 Å². The van der Waals surface area contributed by atoms with Crippen LogP contribution in [0.4, 0.5) is 5.82 Å². The van der Waals surface area contributed by atoms with Crippen LogP contribution in [0.5, 0.6) is 0 Å². The van der Waals surface area contributed by atoms with Crippen LogP contribution in [0.25, 0.3) is 0 Å². The molecule has 2 heterocycles. The average molecular weight is 228 g/mol. The molecule has 0 aliphatic carbocycles. The number of alkyl halides is 1. The van der Waals surface area contributed by atoms with Gasteiger partial charge in [-0.2, -0.15) is 0 Å². The van der Waals surface area contributed by atoms with Gasteiger partial charge in [-0.05, 0) is 0 Å². The molecule has 1 aliphatic rings. The van der Waals surface area contributed by atoms with Gasteiger partial charge < -0.3 is 9.88 Å². The first kappa shape index (κ1) is 10.5. The van der Waals surface area contributed by atoms with Gasteiger partial charge in [-0.1, -0.05) is 13.8 Å². The van der Waals surface area contributed by atoms with Gasteiger partial charge in [0.05, 0.1) is 5.38 Å². The monoisotopic (exact) mass is 227 g/mol. The van der Waals surface area contributed by atoms with E-state index in [1.54, 1.807) is 6.20 Å². The standard InChI is InChI=1S/C10H14ClN3O/c1-10(2)6-14(5-7(10)11)8-9(15)13-4-3-12-8/h3-4,7H,5-6H2,1-2H3,(H,13,15). The van der Waals surface area contributed by atoms with Crippen LogP contribution in [0.2, 0.25) is 0 Å². The number of aromatic amines is 1. The van der Waals surface area contributed by atoms with Gasteiger partial charge in [0.15, 0.2) is 5.82 Å². The van der Waals surface area contributed by atoms with Gasteiger partial charge in [0.1, 0.15) is 0 Å². The Morgan fingerprint density at radius 2 is 2.40 bits per heavy atom. The molecule has 82 valence electrons. The fraction of sp³-hybridized carbons (Fsp3) is 0.600. The summed E-state index contributed by atoms with van der Waals surface area (Å²) in [6.07, 6.45) is 3.12. The topological polar surface area (TPSA) is 49.0 Å². The van der Waals surface area contributed by atoms with Crippen LogP contribution in [0, 0.1) is 5.41 Å². The minimum absolute atomic E-state index is 0.0194. The minimum atomic E-state index is -0.154. The molecular weight excluding hydrogens is 214 g/mol. The van der Waals surface area contributed by atoms with Crippen molar-refractivity contribution in [3.05, 3.63) is 22.7 Å². The van der Waals surface area contributed by atoms with Crippen molar-refractivity contribution in [2.75, 3.05) is 18.0 Å². The highest BCUT2D eigenvalue weighted by atomic mass is 35.5. The van der Waals surface area contributed by atoms with E-state index in [0.29, 0.717) is 12.4 Å². The normalized spacial score (nSPS) is 24.5. The zero-order valence-corrected chi connectivity index (χ0v) is 9.58. The number of nitrogens with one attached hydrogen (secondary N) is 1. The number of hydrogen-bond donors (Lipinski definition) is 1. The number of aromatic nitrogens is 2. The lowest BCUT2D eigenvalue weighted by Crippen LogP contribution is -2.29. The first-order chi connectivity index (χ1) is 7.00. The Morgan fingerprint density at radius 3 is 2.93 bits per heavy atom. The molecule has 0 amide bonds. The van der Waals surface area contributed by atoms with Gasteiger partial charge in [0, 0.05) is 30.9 Å². The Morgan fingerprint density at radius 1 is 1.67 bits per heavy atom. The van der Waals surface area contributed by atoms with Crippen LogP contribution in [0.3, 0.4) is 0 Å². The van der Waals surface area contributed by atoms with Crippen molar-refractivity contribution < 1.29 is 0 Å². The second kappa shape index (κ2) is 3.52. The summed E-state index contributed by atoms with van der Waals surface area (Å²) >= 11 is 6.22. The lowest BCUT2D eigenvalue weighted by molar-refractivity contribution is 0.425. The summed E-state index contributed by atoms with van der Waals surface area (Å²) in [6, 6.07) is 0. The molecule has 4 nitrogen and oxygen atoms in total. The van der Waals surface area contributed by atoms with Gasteiger partial charge in [0.2, 0.25) is 0 Å². The molecule has 2 rings (SSSR count). The van der Waals surface area contributed by atoms with Gasteiger partial charge in [0.25, 0.3) is 5.56 Å². The molecule has 1 N–H and O–H groups in total. The predicted molar refractivity (Wildman–Crippen MR) is 60.5 cm³/mol. The van der Waals surface area contributed by atoms with Gasteiger partial charge in [-0.3, -0.25) is 4.79 Å². The molecule has 1 fully saturated rings. The third-order valence-corrected chi connectivity index (χ3v) is 3.54. The van der Waals surface area contributed by atoms with Crippen LogP contribution in [-0.2, 0) is 0 Å². The molecule has 1 aromatic heterocycles. The molecule has 0 spiro atoms. The summed E-state index contributed by atoms with van der Waals surface area (Å²) in [7, 11) is 0. The van der Waals surface area contributed by atoms with Crippen molar-refractivity contribution in [1.29, 1.82) is 0 Å². The third-order valence-electron chi connectivity index (χ3n) is 2.82. The molecule has 1 atom stereocenters. The largest absolute Gasteiger partial charge is 0.350 e. The highest BCUT2D eigenvalue weighted by molar-refractivity contribution is 6.21. The predicted octanol–water partition coefficient (Wildman–Crippen LogP) is 1.22. The zero-order valence-electron chi connectivity index (χ0n) is 8.83. The number of H-pyrrole nitrogens is 1. The van der Waals surface area contributed by atoms with Crippen molar-refractivity contribution >= 4 is 17.4 Å². The Labute approximate surface area is 93.3 Å². The molecule has 15 heavy (non-hydrogen) atoms. The van der Waals surface area contributed by atoms with Crippen LogP contribution < -0.4 is 10.5 Å². The van der Waals surface area contributed by atoms with Crippen molar-refractivity contribution in [3.8, 4) is 0 Å². The first-order valence-corrected chi connectivity index (χ1v) is 5.37. The highest BCUT2D eigenvalue weighted by Crippen LogP contribution is 2.34. The number of anilines is 1. The second-order valence-electron chi connectivity index (χ2n) is 4.58. The van der Waals surface area contributed by atoms with Crippen LogP contribution in [0.1, 0.15) is 13.8 Å². The average Bonchev–Trinajstić information content (AvgIpc) is 2.42. The fourth-order valence-electron chi connectivity index (χ4n) is 1.83. The molecule has 0 aromatic carbocycles. The quantitative estimate of drug-likeness (QED) is 0.734. The number of halogens is 1. The highest BCUT2D eigenvalue weighted by Gasteiger charge is 2.39. The van der Waals surface area contributed by atoms with Crippen LogP contribution in [-0.4, -0.2) is 28.4 Å². The summed E-state index contributed by atoms with van der Waals surface area (Å²) in [5.41, 5.74) is -0.134. The summed E-state index contributed by atoms with van der Waals surface area (Å²) in [6.45, 7) is 5.64. The zero-order chi connectivity index (χ0) is 11.1. The Hall–Kier alpha value is -1.03. The summed E-state index contributed by atoms with van der Waals surface area (Å²) < 4.78 is 0. The number of hydrogen-bond acceptors (Lipinski definition) is 3. The van der Waals surface area contributed by atoms with E-state index in [1.807, 2.05) is 4.90 Å². The maximum absolute atomic E-state index is 11.5. The van der Waals surface area contributed by atoms with Gasteiger partial charge in [-0.15, -0.1) is 11.6 Å². The second-order valence-corrected chi connectivity index (χ2v) is 5.11. The molecule has 1 aliphatic heterocycles. The van der Waals surface area contributed by atoms with Crippen LogP contribution in [0.15, 0.2) is 17.2 Å². The smallest absolute Gasteiger partial charge is 0.290 e. The molecular formula is C10H14ClN3O. The Bertz CT molecular complexity index is 415. The fourth-order valence-corrected chi connectivity index (χ4v) is 2.06. The first-order valence-electron chi connectivity index (χ1n) is 4.93. The van der Waals surface area contributed by atoms with E-state index >= 15 is 0 Å². The Balaban J connectivity index is 2.29. The Kier molecular flexibility index (Phi) is 2.46. The third kappa shape index (κ3) is 1.86. The van der Waals surface area contributed by atoms with Crippen molar-refractivity contribution in [3.63, 3.8) is 0 Å². The van der Waals surface area contributed by atoms with E-state index in [2.05, 4.69) is 23.8 Å². The molecule has 1 saturated heterocycles. The number of rotatable bonds is 1. The van der Waals surface area contributed by atoms with E-state index in [1.165, 1.54) is 6.20 Å². The van der Waals surface area contributed by atoms with E-state index in [4.69, 9.17) is 11.6 Å². The van der Waals surface area contributed by atoms with Crippen molar-refractivity contribution in [2.45, 2.75) is 19.2 Å². The molecule has 0 bridgehead atoms. The molecule has 1 aromatic rings. The summed E-state index contributed by atoms with van der Waals surface area (Å²) in [5.74, 6) is 0.466. The van der Waals surface area contributed by atoms with E-state index in [-0.39, 0.29) is 16.4 Å². The SMILES string of the molecule is CC1(C)CN(c2ncc[nH]c2=O)CC1Cl. The molecule has 5 heteroatoms. The van der Waals surface area contributed by atoms with Crippen molar-refractivity contribution in [1.82, 2.24) is 9.97 Å². The van der Waals surface area contributed by atoms with Crippen LogP contribution >= 0.6 is 11.6 Å².